The highest BCUT2D eigenvalue weighted by atomic mass is 32.2. The van der Waals surface area contributed by atoms with Gasteiger partial charge in [-0.15, -0.1) is 6.58 Å². The van der Waals surface area contributed by atoms with Crippen LogP contribution in [0, 0.1) is 6.92 Å². The Bertz CT molecular complexity index is 873. The normalized spacial score (nSPS) is 16.4. The number of nitrogens with zero attached hydrogens (tertiary/aromatic N) is 2. The van der Waals surface area contributed by atoms with Crippen LogP contribution >= 0.6 is 11.8 Å². The molecule has 1 aromatic heterocycles. The molecule has 1 aromatic carbocycles. The van der Waals surface area contributed by atoms with Gasteiger partial charge in [0, 0.05) is 25.1 Å². The van der Waals surface area contributed by atoms with E-state index in [0.717, 1.165) is 11.1 Å². The molecule has 0 saturated carbocycles. The molecule has 2 heterocycles. The molecule has 1 amide bonds. The van der Waals surface area contributed by atoms with E-state index in [1.165, 1.54) is 11.8 Å². The topological polar surface area (TPSA) is 64.0 Å². The molecule has 0 aliphatic carbocycles. The van der Waals surface area contributed by atoms with Gasteiger partial charge in [0.2, 0.25) is 5.91 Å². The SMILES string of the molecule is C=CCSc1nc(=O)c2c(n1C)NC(=O)C[C@H]2c1ccccc1C. The van der Waals surface area contributed by atoms with Gasteiger partial charge in [-0.25, -0.2) is 0 Å². The van der Waals surface area contributed by atoms with Gasteiger partial charge in [0.05, 0.1) is 5.56 Å². The smallest absolute Gasteiger partial charge is 0.279 e. The Morgan fingerprint density at radius 2 is 2.17 bits per heavy atom. The van der Waals surface area contributed by atoms with E-state index in [-0.39, 0.29) is 23.8 Å². The zero-order chi connectivity index (χ0) is 17.3. The van der Waals surface area contributed by atoms with Crippen LogP contribution in [0.1, 0.15) is 29.0 Å². The first-order chi connectivity index (χ1) is 11.5. The minimum Gasteiger partial charge on any atom is -0.312 e. The van der Waals surface area contributed by atoms with Crippen molar-refractivity contribution in [3.05, 3.63) is 64.0 Å². The number of amides is 1. The fourth-order valence-corrected chi connectivity index (χ4v) is 3.74. The van der Waals surface area contributed by atoms with Crippen LogP contribution in [0.15, 0.2) is 46.9 Å². The van der Waals surface area contributed by atoms with Crippen molar-refractivity contribution in [2.75, 3.05) is 11.1 Å². The van der Waals surface area contributed by atoms with E-state index in [1.54, 1.807) is 10.6 Å². The molecule has 3 rings (SSSR count). The van der Waals surface area contributed by atoms with Crippen LogP contribution in [0.3, 0.4) is 0 Å². The highest BCUT2D eigenvalue weighted by Gasteiger charge is 2.32. The molecule has 1 aliphatic rings. The molecule has 6 heteroatoms. The second kappa shape index (κ2) is 6.65. The summed E-state index contributed by atoms with van der Waals surface area (Å²) >= 11 is 1.42. The quantitative estimate of drug-likeness (QED) is 0.528. The number of rotatable bonds is 4. The molecule has 5 nitrogen and oxygen atoms in total. The standard InChI is InChI=1S/C18H19N3O2S/c1-4-9-24-18-20-17(23)15-13(12-8-6-5-7-11(12)2)10-14(22)19-16(15)21(18)3/h4-8,13H,1,9-10H2,2-3H3,(H,19,22)/t13-/m0/s1. The molecule has 0 unspecified atom stereocenters. The fraction of sp³-hybridized carbons (Fsp3) is 0.278. The number of hydrogen-bond acceptors (Lipinski definition) is 4. The molecule has 1 aliphatic heterocycles. The van der Waals surface area contributed by atoms with Gasteiger partial charge in [0.25, 0.3) is 5.56 Å². The molecule has 2 aromatic rings. The summed E-state index contributed by atoms with van der Waals surface area (Å²) < 4.78 is 1.78. The van der Waals surface area contributed by atoms with E-state index in [4.69, 9.17) is 0 Å². The maximum absolute atomic E-state index is 12.7. The number of benzene rings is 1. The van der Waals surface area contributed by atoms with E-state index in [2.05, 4.69) is 16.9 Å². The van der Waals surface area contributed by atoms with E-state index in [0.29, 0.717) is 22.3 Å². The Hall–Kier alpha value is -2.34. The van der Waals surface area contributed by atoms with Crippen molar-refractivity contribution in [3.63, 3.8) is 0 Å². The van der Waals surface area contributed by atoms with Crippen molar-refractivity contribution in [2.45, 2.75) is 24.4 Å². The largest absolute Gasteiger partial charge is 0.312 e. The molecular formula is C18H19N3O2S. The van der Waals surface area contributed by atoms with Crippen molar-refractivity contribution in [3.8, 4) is 0 Å². The van der Waals surface area contributed by atoms with Crippen molar-refractivity contribution in [1.82, 2.24) is 9.55 Å². The van der Waals surface area contributed by atoms with Crippen molar-refractivity contribution >= 4 is 23.5 Å². The van der Waals surface area contributed by atoms with Gasteiger partial charge in [0.15, 0.2) is 5.16 Å². The third kappa shape index (κ3) is 2.89. The number of anilines is 1. The maximum atomic E-state index is 12.7. The fourth-order valence-electron chi connectivity index (χ4n) is 3.04. The van der Waals surface area contributed by atoms with Crippen LogP contribution in [0.2, 0.25) is 0 Å². The molecule has 0 saturated heterocycles. The van der Waals surface area contributed by atoms with E-state index in [9.17, 15) is 9.59 Å². The summed E-state index contributed by atoms with van der Waals surface area (Å²) in [6.07, 6.45) is 2.01. The van der Waals surface area contributed by atoms with Crippen molar-refractivity contribution in [2.24, 2.45) is 7.05 Å². The van der Waals surface area contributed by atoms with Crippen molar-refractivity contribution < 1.29 is 4.79 Å². The number of carbonyl (C=O) groups is 1. The monoisotopic (exact) mass is 341 g/mol. The summed E-state index contributed by atoms with van der Waals surface area (Å²) in [5, 5.41) is 3.42. The predicted molar refractivity (Wildman–Crippen MR) is 96.7 cm³/mol. The van der Waals surface area contributed by atoms with Crippen LogP contribution in [-0.2, 0) is 11.8 Å². The number of thioether (sulfide) groups is 1. The summed E-state index contributed by atoms with van der Waals surface area (Å²) in [5.41, 5.74) is 2.35. The van der Waals surface area contributed by atoms with Crippen LogP contribution in [0.25, 0.3) is 0 Å². The lowest BCUT2D eigenvalue weighted by molar-refractivity contribution is -0.116. The molecule has 1 atom stereocenters. The predicted octanol–water partition coefficient (Wildman–Crippen LogP) is 2.84. The lowest BCUT2D eigenvalue weighted by Gasteiger charge is -2.28. The highest BCUT2D eigenvalue weighted by molar-refractivity contribution is 7.99. The first kappa shape index (κ1) is 16.5. The van der Waals surface area contributed by atoms with Gasteiger partial charge in [0.1, 0.15) is 5.82 Å². The molecule has 0 radical (unpaired) electrons. The minimum atomic E-state index is -0.275. The highest BCUT2D eigenvalue weighted by Crippen LogP contribution is 2.36. The number of fused-ring (bicyclic) bond motifs is 1. The van der Waals surface area contributed by atoms with E-state index >= 15 is 0 Å². The third-order valence-corrected chi connectivity index (χ3v) is 5.22. The molecule has 0 fully saturated rings. The molecule has 0 spiro atoms. The molecular weight excluding hydrogens is 322 g/mol. The van der Waals surface area contributed by atoms with Gasteiger partial charge < -0.3 is 9.88 Å². The molecule has 1 N–H and O–H groups in total. The summed E-state index contributed by atoms with van der Waals surface area (Å²) in [6.45, 7) is 5.68. The average Bonchev–Trinajstić information content (AvgIpc) is 2.56. The second-order valence-corrected chi connectivity index (χ2v) is 6.77. The average molecular weight is 341 g/mol. The number of aromatic nitrogens is 2. The zero-order valence-corrected chi connectivity index (χ0v) is 14.5. The Kier molecular flexibility index (Phi) is 4.57. The number of carbonyl (C=O) groups excluding carboxylic acids is 1. The summed E-state index contributed by atoms with van der Waals surface area (Å²) in [5.74, 6) is 0.844. The van der Waals surface area contributed by atoms with Crippen LogP contribution in [0.5, 0.6) is 0 Å². The lowest BCUT2D eigenvalue weighted by atomic mass is 9.84. The van der Waals surface area contributed by atoms with Gasteiger partial charge in [-0.05, 0) is 18.1 Å². The first-order valence-electron chi connectivity index (χ1n) is 7.73. The van der Waals surface area contributed by atoms with Gasteiger partial charge in [-0.3, -0.25) is 9.59 Å². The number of nitrogens with one attached hydrogen (secondary N) is 1. The first-order valence-corrected chi connectivity index (χ1v) is 8.71. The van der Waals surface area contributed by atoms with Gasteiger partial charge in [-0.1, -0.05) is 42.1 Å². The minimum absolute atomic E-state index is 0.0865. The Morgan fingerprint density at radius 1 is 1.42 bits per heavy atom. The lowest BCUT2D eigenvalue weighted by Crippen LogP contribution is -2.33. The Morgan fingerprint density at radius 3 is 2.88 bits per heavy atom. The molecule has 0 bridgehead atoms. The summed E-state index contributed by atoms with van der Waals surface area (Å²) in [6, 6.07) is 7.85. The van der Waals surface area contributed by atoms with Gasteiger partial charge >= 0.3 is 0 Å². The second-order valence-electron chi connectivity index (χ2n) is 5.78. The van der Waals surface area contributed by atoms with Crippen LogP contribution in [-0.4, -0.2) is 21.2 Å². The van der Waals surface area contributed by atoms with Crippen LogP contribution < -0.4 is 10.9 Å². The molecule has 24 heavy (non-hydrogen) atoms. The van der Waals surface area contributed by atoms with Crippen LogP contribution in [0.4, 0.5) is 5.82 Å². The van der Waals surface area contributed by atoms with Gasteiger partial charge in [-0.2, -0.15) is 4.98 Å². The van der Waals surface area contributed by atoms with E-state index in [1.807, 2.05) is 38.2 Å². The number of hydrogen-bond donors (Lipinski definition) is 1. The number of aryl methyl sites for hydroxylation is 1. The maximum Gasteiger partial charge on any atom is 0.279 e. The summed E-state index contributed by atoms with van der Waals surface area (Å²) in [4.78, 5) is 29.2. The molecule has 124 valence electrons. The van der Waals surface area contributed by atoms with Crippen molar-refractivity contribution in [1.29, 1.82) is 0 Å². The summed E-state index contributed by atoms with van der Waals surface area (Å²) in [7, 11) is 1.82. The van der Waals surface area contributed by atoms with E-state index < -0.39 is 0 Å². The zero-order valence-electron chi connectivity index (χ0n) is 13.7. The Labute approximate surface area is 144 Å². The Balaban J connectivity index is 2.18. The third-order valence-electron chi connectivity index (χ3n) is 4.20.